The lowest BCUT2D eigenvalue weighted by atomic mass is 9.86. The monoisotopic (exact) mass is 468 g/mol. The number of piperazine rings is 1. The highest BCUT2D eigenvalue weighted by Gasteiger charge is 2.19. The lowest BCUT2D eigenvalue weighted by Crippen LogP contribution is -2.47. The van der Waals surface area contributed by atoms with Crippen molar-refractivity contribution in [3.8, 4) is 0 Å². The molecule has 0 amide bonds. The largest absolute Gasteiger partial charge is 0.381 e. The molecule has 35 heavy (non-hydrogen) atoms. The highest BCUT2D eigenvalue weighted by Crippen LogP contribution is 2.26. The molecule has 0 atom stereocenters. The van der Waals surface area contributed by atoms with E-state index in [-0.39, 0.29) is 11.0 Å². The minimum atomic E-state index is -0.0506. The molecule has 0 spiro atoms. The van der Waals surface area contributed by atoms with Gasteiger partial charge in [-0.15, -0.1) is 0 Å². The van der Waals surface area contributed by atoms with E-state index in [4.69, 9.17) is 0 Å². The molecule has 0 aliphatic carbocycles. The number of fused-ring (bicyclic) bond motifs is 1. The SMILES string of the molecule is CC(C)(C)c1ccc2[nH]c(=O)c(CNc3ccc(N4CCN(c5ncccn5)CC4)cc3)cc2c1. The van der Waals surface area contributed by atoms with Crippen molar-refractivity contribution in [1.29, 1.82) is 0 Å². The summed E-state index contributed by atoms with van der Waals surface area (Å²) >= 11 is 0. The van der Waals surface area contributed by atoms with Gasteiger partial charge in [0.15, 0.2) is 0 Å². The Morgan fingerprint density at radius 2 is 1.60 bits per heavy atom. The molecule has 3 heterocycles. The predicted octanol–water partition coefficient (Wildman–Crippen LogP) is 4.55. The smallest absolute Gasteiger partial charge is 0.253 e. The van der Waals surface area contributed by atoms with Crippen molar-refractivity contribution in [3.63, 3.8) is 0 Å². The number of H-pyrrole nitrogens is 1. The Balaban J connectivity index is 1.22. The minimum absolute atomic E-state index is 0.0506. The maximum Gasteiger partial charge on any atom is 0.253 e. The maximum atomic E-state index is 12.6. The second kappa shape index (κ2) is 9.41. The van der Waals surface area contributed by atoms with Crippen molar-refractivity contribution in [1.82, 2.24) is 15.0 Å². The molecule has 1 fully saturated rings. The van der Waals surface area contributed by atoms with E-state index in [1.807, 2.05) is 18.2 Å². The van der Waals surface area contributed by atoms with Gasteiger partial charge in [-0.2, -0.15) is 0 Å². The Morgan fingerprint density at radius 1 is 0.914 bits per heavy atom. The van der Waals surface area contributed by atoms with Gasteiger partial charge in [0.05, 0.1) is 0 Å². The van der Waals surface area contributed by atoms with Gasteiger partial charge in [0.2, 0.25) is 5.95 Å². The fraction of sp³-hybridized carbons (Fsp3) is 0.321. The third-order valence-corrected chi connectivity index (χ3v) is 6.62. The Bertz CT molecular complexity index is 1350. The van der Waals surface area contributed by atoms with Crippen LogP contribution < -0.4 is 20.7 Å². The van der Waals surface area contributed by atoms with E-state index in [0.29, 0.717) is 6.54 Å². The predicted molar refractivity (Wildman–Crippen MR) is 143 cm³/mol. The first-order valence-corrected chi connectivity index (χ1v) is 12.1. The molecule has 0 radical (unpaired) electrons. The zero-order valence-corrected chi connectivity index (χ0v) is 20.6. The van der Waals surface area contributed by atoms with Crippen LogP contribution in [0.2, 0.25) is 0 Å². The van der Waals surface area contributed by atoms with Crippen LogP contribution in [0.1, 0.15) is 31.9 Å². The van der Waals surface area contributed by atoms with E-state index in [1.54, 1.807) is 12.4 Å². The van der Waals surface area contributed by atoms with Gasteiger partial charge in [0.25, 0.3) is 5.56 Å². The molecule has 2 N–H and O–H groups in total. The van der Waals surface area contributed by atoms with Crippen LogP contribution in [0.4, 0.5) is 17.3 Å². The number of anilines is 3. The third-order valence-electron chi connectivity index (χ3n) is 6.62. The summed E-state index contributed by atoms with van der Waals surface area (Å²) in [6.07, 6.45) is 3.57. The summed E-state index contributed by atoms with van der Waals surface area (Å²) in [4.78, 5) is 29.0. The Labute approximate surface area is 205 Å². The molecule has 0 unspecified atom stereocenters. The number of aromatic nitrogens is 3. The molecule has 0 bridgehead atoms. The van der Waals surface area contributed by atoms with Crippen LogP contribution in [0, 0.1) is 0 Å². The molecule has 1 aliphatic rings. The highest BCUT2D eigenvalue weighted by atomic mass is 16.1. The van der Waals surface area contributed by atoms with E-state index >= 15 is 0 Å². The number of benzene rings is 2. The summed E-state index contributed by atoms with van der Waals surface area (Å²) in [6, 6.07) is 18.5. The van der Waals surface area contributed by atoms with Crippen molar-refractivity contribution >= 4 is 28.2 Å². The lowest BCUT2D eigenvalue weighted by Gasteiger charge is -2.36. The molecule has 2 aromatic heterocycles. The Hall–Kier alpha value is -3.87. The van der Waals surface area contributed by atoms with Crippen molar-refractivity contribution in [2.75, 3.05) is 41.3 Å². The summed E-state index contributed by atoms with van der Waals surface area (Å²) in [5, 5.41) is 4.47. The summed E-state index contributed by atoms with van der Waals surface area (Å²) in [5.41, 5.74) is 5.05. The molecular weight excluding hydrogens is 436 g/mol. The first-order valence-electron chi connectivity index (χ1n) is 12.1. The van der Waals surface area contributed by atoms with E-state index in [9.17, 15) is 4.79 Å². The Kier molecular flexibility index (Phi) is 6.16. The first-order chi connectivity index (χ1) is 16.9. The number of pyridine rings is 1. The van der Waals surface area contributed by atoms with E-state index in [2.05, 4.69) is 87.2 Å². The Morgan fingerprint density at radius 3 is 2.29 bits per heavy atom. The standard InChI is InChI=1S/C28H32N6O/c1-28(2,3)22-5-10-25-20(18-22)17-21(26(35)32-25)19-31-23-6-8-24(9-7-23)33-13-15-34(16-14-33)27-29-11-4-12-30-27/h4-12,17-18,31H,13-16,19H2,1-3H3,(H,32,35). The fourth-order valence-electron chi connectivity index (χ4n) is 4.46. The van der Waals surface area contributed by atoms with Crippen LogP contribution in [0.3, 0.4) is 0 Å². The summed E-state index contributed by atoms with van der Waals surface area (Å²) in [7, 11) is 0. The number of hydrogen-bond donors (Lipinski definition) is 2. The van der Waals surface area contributed by atoms with Crippen molar-refractivity contribution < 1.29 is 0 Å². The van der Waals surface area contributed by atoms with Crippen LogP contribution in [0.5, 0.6) is 0 Å². The number of nitrogens with zero attached hydrogens (tertiary/aromatic N) is 4. The van der Waals surface area contributed by atoms with Gasteiger partial charge in [0, 0.05) is 67.6 Å². The van der Waals surface area contributed by atoms with E-state index in [1.165, 1.54) is 11.3 Å². The number of rotatable bonds is 5. The molecule has 7 nitrogen and oxygen atoms in total. The molecular formula is C28H32N6O. The zero-order valence-electron chi connectivity index (χ0n) is 20.6. The average Bonchev–Trinajstić information content (AvgIpc) is 2.87. The highest BCUT2D eigenvalue weighted by molar-refractivity contribution is 5.80. The molecule has 5 rings (SSSR count). The summed E-state index contributed by atoms with van der Waals surface area (Å²) in [6.45, 7) is 10.7. The topological polar surface area (TPSA) is 77.2 Å². The molecule has 2 aromatic carbocycles. The van der Waals surface area contributed by atoms with Crippen LogP contribution in [0.15, 0.2) is 71.8 Å². The first kappa shape index (κ1) is 22.9. The molecule has 4 aromatic rings. The van der Waals surface area contributed by atoms with Gasteiger partial charge in [-0.25, -0.2) is 9.97 Å². The number of aromatic amines is 1. The van der Waals surface area contributed by atoms with Crippen LogP contribution >= 0.6 is 0 Å². The molecule has 1 aliphatic heterocycles. The quantitative estimate of drug-likeness (QED) is 0.447. The van der Waals surface area contributed by atoms with Crippen molar-refractivity contribution in [3.05, 3.63) is 88.5 Å². The van der Waals surface area contributed by atoms with Gasteiger partial charge < -0.3 is 20.1 Å². The van der Waals surface area contributed by atoms with E-state index < -0.39 is 0 Å². The lowest BCUT2D eigenvalue weighted by molar-refractivity contribution is 0.591. The van der Waals surface area contributed by atoms with Gasteiger partial charge in [-0.05, 0) is 64.9 Å². The van der Waals surface area contributed by atoms with Crippen molar-refractivity contribution in [2.24, 2.45) is 0 Å². The second-order valence-electron chi connectivity index (χ2n) is 10.1. The van der Waals surface area contributed by atoms with Crippen LogP contribution in [-0.4, -0.2) is 41.1 Å². The van der Waals surface area contributed by atoms with Gasteiger partial charge in [-0.3, -0.25) is 4.79 Å². The molecule has 0 saturated carbocycles. The number of hydrogen-bond acceptors (Lipinski definition) is 6. The molecule has 7 heteroatoms. The third kappa shape index (κ3) is 5.14. The summed E-state index contributed by atoms with van der Waals surface area (Å²) < 4.78 is 0. The van der Waals surface area contributed by atoms with Gasteiger partial charge in [0.1, 0.15) is 0 Å². The van der Waals surface area contributed by atoms with Crippen LogP contribution in [0.25, 0.3) is 10.9 Å². The van der Waals surface area contributed by atoms with Crippen LogP contribution in [-0.2, 0) is 12.0 Å². The summed E-state index contributed by atoms with van der Waals surface area (Å²) in [5.74, 6) is 0.796. The van der Waals surface area contributed by atoms with Crippen molar-refractivity contribution in [2.45, 2.75) is 32.7 Å². The van der Waals surface area contributed by atoms with Gasteiger partial charge in [-0.1, -0.05) is 26.8 Å². The maximum absolute atomic E-state index is 12.6. The fourth-order valence-corrected chi connectivity index (χ4v) is 4.46. The second-order valence-corrected chi connectivity index (χ2v) is 10.1. The number of nitrogens with one attached hydrogen (secondary N) is 2. The zero-order chi connectivity index (χ0) is 24.4. The van der Waals surface area contributed by atoms with Gasteiger partial charge >= 0.3 is 0 Å². The average molecular weight is 469 g/mol. The van der Waals surface area contributed by atoms with E-state index in [0.717, 1.165) is 54.3 Å². The normalized spacial score (nSPS) is 14.4. The minimum Gasteiger partial charge on any atom is -0.381 e. The molecule has 1 saturated heterocycles. The molecule has 180 valence electrons.